The smallest absolute Gasteiger partial charge is 0.313 e. The number of aryl methyl sites for hydroxylation is 1. The Labute approximate surface area is 258 Å². The normalized spacial score (nSPS) is 17.2. The Morgan fingerprint density at radius 3 is 1.95 bits per heavy atom. The highest BCUT2D eigenvalue weighted by atomic mass is 35.5. The molecule has 4 aromatic carbocycles. The number of hydrogen-bond donors (Lipinski definition) is 0. The highest BCUT2D eigenvalue weighted by Gasteiger charge is 2.40. The van der Waals surface area contributed by atoms with Gasteiger partial charge in [-0.2, -0.15) is 8.78 Å². The Kier molecular flexibility index (Phi) is 10.1. The van der Waals surface area contributed by atoms with Crippen molar-refractivity contribution in [2.24, 2.45) is 0 Å². The van der Waals surface area contributed by atoms with Crippen LogP contribution in [0, 0.1) is 23.3 Å². The zero-order chi connectivity index (χ0) is 31.4. The number of halogens is 7. The van der Waals surface area contributed by atoms with Crippen LogP contribution < -0.4 is 0 Å². The number of unbranched alkanes of at least 4 members (excludes halogenated alkanes) is 2. The minimum atomic E-state index is -3.72. The van der Waals surface area contributed by atoms with Gasteiger partial charge in [0.15, 0.2) is 0 Å². The van der Waals surface area contributed by atoms with E-state index in [2.05, 4.69) is 6.92 Å². The maximum atomic E-state index is 15.0. The fraction of sp³-hybridized carbons (Fsp3) is 0.333. The molecule has 0 aromatic heterocycles. The number of benzene rings is 4. The second-order valence-corrected chi connectivity index (χ2v) is 11.8. The molecule has 0 spiro atoms. The molecule has 1 aliphatic rings. The van der Waals surface area contributed by atoms with Crippen molar-refractivity contribution in [3.8, 4) is 22.3 Å². The molecule has 1 aliphatic carbocycles. The number of ether oxygens (including phenoxy) is 1. The van der Waals surface area contributed by atoms with Crippen molar-refractivity contribution in [1.29, 1.82) is 0 Å². The first-order valence-corrected chi connectivity index (χ1v) is 15.3. The van der Waals surface area contributed by atoms with Crippen LogP contribution in [0.25, 0.3) is 22.3 Å². The zero-order valence-corrected chi connectivity index (χ0v) is 25.0. The summed E-state index contributed by atoms with van der Waals surface area (Å²) in [6.45, 7) is 2.07. The molecule has 0 radical (unpaired) electrons. The van der Waals surface area contributed by atoms with E-state index in [0.717, 1.165) is 48.6 Å². The van der Waals surface area contributed by atoms with Crippen LogP contribution in [0.5, 0.6) is 0 Å². The van der Waals surface area contributed by atoms with Crippen molar-refractivity contribution in [2.45, 2.75) is 76.4 Å². The van der Waals surface area contributed by atoms with E-state index in [9.17, 15) is 26.3 Å². The fourth-order valence-corrected chi connectivity index (χ4v) is 6.01. The molecule has 5 rings (SSSR count). The zero-order valence-electron chi connectivity index (χ0n) is 24.3. The number of alkyl halides is 2. The van der Waals surface area contributed by atoms with Crippen LogP contribution in [0.4, 0.5) is 26.3 Å². The standard InChI is InChI=1S/C36H33ClF6O/c1-2-3-4-5-22-6-17-30(32(39)18-22)36(42,43)44-28-14-11-24(12-15-28)23-7-9-25(10-8-23)26-13-16-29(31(38)19-26)27-20-33(40)35(37)34(41)21-27/h6-10,13,16-21,24,28H,2-5,11-12,14-15H2,1H3. The summed E-state index contributed by atoms with van der Waals surface area (Å²) in [5.41, 5.74) is 2.44. The number of rotatable bonds is 10. The predicted octanol–water partition coefficient (Wildman–Crippen LogP) is 11.8. The largest absolute Gasteiger partial charge is 0.386 e. The number of hydrogen-bond acceptors (Lipinski definition) is 1. The Hall–Kier alpha value is -3.29. The quantitative estimate of drug-likeness (QED) is 0.0962. The van der Waals surface area contributed by atoms with Gasteiger partial charge in [0.05, 0.1) is 11.7 Å². The molecule has 0 aliphatic heterocycles. The van der Waals surface area contributed by atoms with Crippen molar-refractivity contribution >= 4 is 11.6 Å². The van der Waals surface area contributed by atoms with E-state index in [0.29, 0.717) is 43.2 Å². The molecule has 0 N–H and O–H groups in total. The molecule has 1 nitrogen and oxygen atoms in total. The molecular formula is C36H33ClF6O. The molecular weight excluding hydrogens is 598 g/mol. The van der Waals surface area contributed by atoms with Crippen LogP contribution in [0.15, 0.2) is 72.8 Å². The molecule has 0 saturated heterocycles. The monoisotopic (exact) mass is 630 g/mol. The van der Waals surface area contributed by atoms with Crippen LogP contribution in [-0.4, -0.2) is 6.10 Å². The molecule has 0 heterocycles. The summed E-state index contributed by atoms with van der Waals surface area (Å²) >= 11 is 5.54. The van der Waals surface area contributed by atoms with Crippen LogP contribution in [0.2, 0.25) is 5.02 Å². The molecule has 44 heavy (non-hydrogen) atoms. The van der Waals surface area contributed by atoms with Crippen molar-refractivity contribution < 1.29 is 31.1 Å². The third-order valence-corrected chi connectivity index (χ3v) is 8.75. The van der Waals surface area contributed by atoms with Gasteiger partial charge in [0.2, 0.25) is 0 Å². The Morgan fingerprint density at radius 1 is 0.705 bits per heavy atom. The topological polar surface area (TPSA) is 9.23 Å². The minimum Gasteiger partial charge on any atom is -0.313 e. The van der Waals surface area contributed by atoms with Crippen molar-refractivity contribution in [3.05, 3.63) is 118 Å². The van der Waals surface area contributed by atoms with E-state index < -0.39 is 46.1 Å². The van der Waals surface area contributed by atoms with E-state index in [1.165, 1.54) is 18.2 Å². The Bertz CT molecular complexity index is 1570. The van der Waals surface area contributed by atoms with Crippen molar-refractivity contribution in [2.75, 3.05) is 0 Å². The van der Waals surface area contributed by atoms with Gasteiger partial charge in [-0.3, -0.25) is 0 Å². The summed E-state index contributed by atoms with van der Waals surface area (Å²) < 4.78 is 92.3. The average Bonchev–Trinajstić information content (AvgIpc) is 3.00. The van der Waals surface area contributed by atoms with Gasteiger partial charge in [-0.25, -0.2) is 17.6 Å². The van der Waals surface area contributed by atoms with Gasteiger partial charge in [0.25, 0.3) is 0 Å². The predicted molar refractivity (Wildman–Crippen MR) is 162 cm³/mol. The third kappa shape index (κ3) is 7.32. The lowest BCUT2D eigenvalue weighted by Crippen LogP contribution is -2.30. The maximum Gasteiger partial charge on any atom is 0.386 e. The van der Waals surface area contributed by atoms with Crippen molar-refractivity contribution in [1.82, 2.24) is 0 Å². The van der Waals surface area contributed by atoms with Gasteiger partial charge in [0, 0.05) is 5.56 Å². The molecule has 1 saturated carbocycles. The highest BCUT2D eigenvalue weighted by Crippen LogP contribution is 2.40. The summed E-state index contributed by atoms with van der Waals surface area (Å²) in [4.78, 5) is 0. The fourth-order valence-electron chi connectivity index (χ4n) is 5.90. The summed E-state index contributed by atoms with van der Waals surface area (Å²) in [7, 11) is 0. The van der Waals surface area contributed by atoms with E-state index in [1.807, 2.05) is 24.3 Å². The molecule has 4 aromatic rings. The molecule has 232 valence electrons. The SMILES string of the molecule is CCCCCc1ccc(C(F)(F)OC2CCC(c3ccc(-c4ccc(-c5cc(F)c(Cl)c(F)c5)c(F)c4)cc3)CC2)c(F)c1. The van der Waals surface area contributed by atoms with E-state index in [-0.39, 0.29) is 17.0 Å². The van der Waals surface area contributed by atoms with Crippen LogP contribution >= 0.6 is 11.6 Å². The highest BCUT2D eigenvalue weighted by molar-refractivity contribution is 6.31. The van der Waals surface area contributed by atoms with E-state index in [1.54, 1.807) is 12.1 Å². The van der Waals surface area contributed by atoms with Crippen LogP contribution in [-0.2, 0) is 17.3 Å². The van der Waals surface area contributed by atoms with Crippen LogP contribution in [0.1, 0.15) is 74.5 Å². The van der Waals surface area contributed by atoms with Crippen LogP contribution in [0.3, 0.4) is 0 Å². The molecule has 0 atom stereocenters. The summed E-state index contributed by atoms with van der Waals surface area (Å²) in [6, 6.07) is 17.9. The van der Waals surface area contributed by atoms with Gasteiger partial charge in [-0.05, 0) is 103 Å². The maximum absolute atomic E-state index is 15.0. The third-order valence-electron chi connectivity index (χ3n) is 8.38. The first-order valence-electron chi connectivity index (χ1n) is 14.9. The molecule has 0 bridgehead atoms. The second-order valence-electron chi connectivity index (χ2n) is 11.5. The van der Waals surface area contributed by atoms with Gasteiger partial charge >= 0.3 is 6.11 Å². The van der Waals surface area contributed by atoms with Gasteiger partial charge in [-0.1, -0.05) is 73.8 Å². The second kappa shape index (κ2) is 13.8. The molecule has 0 amide bonds. The summed E-state index contributed by atoms with van der Waals surface area (Å²) in [6.07, 6.45) is 1.26. The molecule has 0 unspecified atom stereocenters. The average molecular weight is 631 g/mol. The lowest BCUT2D eigenvalue weighted by atomic mass is 9.82. The van der Waals surface area contributed by atoms with Gasteiger partial charge < -0.3 is 4.74 Å². The lowest BCUT2D eigenvalue weighted by Gasteiger charge is -2.31. The minimum absolute atomic E-state index is 0.0435. The first-order chi connectivity index (χ1) is 21.1. The van der Waals surface area contributed by atoms with Gasteiger partial charge in [0.1, 0.15) is 28.3 Å². The first kappa shape index (κ1) is 32.1. The van der Waals surface area contributed by atoms with E-state index in [4.69, 9.17) is 16.3 Å². The summed E-state index contributed by atoms with van der Waals surface area (Å²) in [5.74, 6) is -3.37. The molecule has 1 fully saturated rings. The lowest BCUT2D eigenvalue weighted by molar-refractivity contribution is -0.278. The van der Waals surface area contributed by atoms with Gasteiger partial charge in [-0.15, -0.1) is 0 Å². The van der Waals surface area contributed by atoms with E-state index >= 15 is 0 Å². The Balaban J connectivity index is 1.19. The summed E-state index contributed by atoms with van der Waals surface area (Å²) in [5, 5.41) is -0.640. The molecule has 8 heteroatoms. The Morgan fingerprint density at radius 2 is 1.34 bits per heavy atom. The van der Waals surface area contributed by atoms with Crippen molar-refractivity contribution in [3.63, 3.8) is 0 Å².